The van der Waals surface area contributed by atoms with E-state index in [1.165, 1.54) is 49.7 Å². The van der Waals surface area contributed by atoms with E-state index in [9.17, 15) is 29.3 Å². The summed E-state index contributed by atoms with van der Waals surface area (Å²) in [5.41, 5.74) is 2.62. The van der Waals surface area contributed by atoms with Gasteiger partial charge < -0.3 is 42.5 Å². The molecule has 4 atom stereocenters. The number of rotatable bonds is 40. The fourth-order valence-electron chi connectivity index (χ4n) is 6.82. The zero-order valence-electron chi connectivity index (χ0n) is 40.5. The van der Waals surface area contributed by atoms with Crippen LogP contribution in [0.4, 0.5) is 0 Å². The van der Waals surface area contributed by atoms with Gasteiger partial charge in [-0.25, -0.2) is 0 Å². The molecule has 1 aromatic rings. The Hall–Kier alpha value is -2.57. The Bertz CT molecular complexity index is 1480. The molecule has 0 fully saturated rings. The van der Waals surface area contributed by atoms with Gasteiger partial charge in [0.15, 0.2) is 6.10 Å². The number of likely N-dealkylation sites (N-methyl/N-ethyl adjacent to an activating group) is 1. The lowest BCUT2D eigenvalue weighted by molar-refractivity contribution is -0.870. The summed E-state index contributed by atoms with van der Waals surface area (Å²) in [5, 5.41) is 20.8. The number of nitrogens with zero attached hydrogens (tertiary/aromatic N) is 1. The van der Waals surface area contributed by atoms with Crippen molar-refractivity contribution in [2.24, 2.45) is 0 Å². The lowest BCUT2D eigenvalue weighted by Gasteiger charge is -2.28. The number of aliphatic hydroxyl groups excluding tert-OH is 2. The number of ether oxygens (including phenoxy) is 2. The second kappa shape index (κ2) is 35.7. The summed E-state index contributed by atoms with van der Waals surface area (Å²) in [6, 6.07) is 0. The van der Waals surface area contributed by atoms with Gasteiger partial charge in [-0.05, 0) is 89.2 Å². The molecule has 0 amide bonds. The van der Waals surface area contributed by atoms with Crippen LogP contribution in [0.25, 0.3) is 0 Å². The quantitative estimate of drug-likeness (QED) is 0.0212. The highest BCUT2D eigenvalue weighted by molar-refractivity contribution is 7.45. The average Bonchev–Trinajstić information content (AvgIpc) is 3.49. The van der Waals surface area contributed by atoms with Crippen LogP contribution in [-0.2, 0) is 45.5 Å². The summed E-state index contributed by atoms with van der Waals surface area (Å²) < 4.78 is 40.0. The number of hydrogen-bond donors (Lipinski definition) is 2. The van der Waals surface area contributed by atoms with Crippen molar-refractivity contribution >= 4 is 19.8 Å². The summed E-state index contributed by atoms with van der Waals surface area (Å²) in [7, 11) is 0.988. The largest absolute Gasteiger partial charge is 0.756 e. The van der Waals surface area contributed by atoms with Crippen LogP contribution in [0, 0.1) is 13.8 Å². The Balaban J connectivity index is 2.44. The molecule has 1 rings (SSSR count). The van der Waals surface area contributed by atoms with E-state index in [4.69, 9.17) is 22.9 Å². The van der Waals surface area contributed by atoms with Crippen molar-refractivity contribution < 1.29 is 56.7 Å². The summed E-state index contributed by atoms with van der Waals surface area (Å²) in [6.45, 7) is 8.14. The maximum Gasteiger partial charge on any atom is 0.306 e. The number of quaternary nitrogens is 1. The molecule has 2 N–H and O–H groups in total. The smallest absolute Gasteiger partial charge is 0.306 e. The molecule has 3 unspecified atom stereocenters. The van der Waals surface area contributed by atoms with Crippen molar-refractivity contribution in [3.8, 4) is 0 Å². The number of aliphatic hydroxyl groups is 2. The van der Waals surface area contributed by atoms with E-state index in [0.717, 1.165) is 88.6 Å². The second-order valence-corrected chi connectivity index (χ2v) is 19.4. The molecule has 1 aromatic heterocycles. The van der Waals surface area contributed by atoms with Crippen LogP contribution in [0.1, 0.15) is 178 Å². The first-order valence-corrected chi connectivity index (χ1v) is 25.7. The molecule has 0 bridgehead atoms. The minimum atomic E-state index is -4.71. The Kier molecular flexibility index (Phi) is 33.1. The Morgan fingerprint density at radius 2 is 1.22 bits per heavy atom. The first kappa shape index (κ1) is 58.4. The highest BCUT2D eigenvalue weighted by Crippen LogP contribution is 2.38. The molecular formula is C50H88NO11P. The topological polar surface area (TPSA) is 165 Å². The van der Waals surface area contributed by atoms with Crippen LogP contribution >= 0.6 is 7.82 Å². The molecule has 13 heteroatoms. The molecule has 12 nitrogen and oxygen atoms in total. The minimum absolute atomic E-state index is 0.0451. The van der Waals surface area contributed by atoms with Crippen LogP contribution < -0.4 is 4.89 Å². The van der Waals surface area contributed by atoms with Crippen molar-refractivity contribution in [3.63, 3.8) is 0 Å². The summed E-state index contributed by atoms with van der Waals surface area (Å²) in [5.74, 6) is 1.16. The summed E-state index contributed by atoms with van der Waals surface area (Å²) in [6.07, 6.45) is 30.3. The fraction of sp³-hybridized carbons (Fsp3) is 0.760. The van der Waals surface area contributed by atoms with E-state index in [2.05, 4.69) is 52.0 Å². The second-order valence-electron chi connectivity index (χ2n) is 18.0. The Labute approximate surface area is 382 Å². The monoisotopic (exact) mass is 910 g/mol. The van der Waals surface area contributed by atoms with Gasteiger partial charge in [0, 0.05) is 25.7 Å². The third-order valence-electron chi connectivity index (χ3n) is 11.1. The van der Waals surface area contributed by atoms with Gasteiger partial charge in [-0.3, -0.25) is 14.2 Å². The van der Waals surface area contributed by atoms with Gasteiger partial charge in [0.2, 0.25) is 0 Å². The van der Waals surface area contributed by atoms with Gasteiger partial charge in [0.1, 0.15) is 31.3 Å². The molecule has 0 radical (unpaired) electrons. The third kappa shape index (κ3) is 31.9. The minimum Gasteiger partial charge on any atom is -0.756 e. The van der Waals surface area contributed by atoms with Crippen molar-refractivity contribution in [1.82, 2.24) is 0 Å². The molecule has 364 valence electrons. The molecule has 0 aliphatic carbocycles. The number of allylic oxidation sites excluding steroid dienone is 5. The number of phosphoric ester groups is 1. The number of esters is 2. The van der Waals surface area contributed by atoms with Gasteiger partial charge in [-0.15, -0.1) is 0 Å². The fourth-order valence-corrected chi connectivity index (χ4v) is 7.55. The predicted octanol–water partition coefficient (Wildman–Crippen LogP) is 10.7. The van der Waals surface area contributed by atoms with Crippen molar-refractivity contribution in [2.75, 3.05) is 47.5 Å². The van der Waals surface area contributed by atoms with E-state index in [1.807, 2.05) is 33.3 Å². The van der Waals surface area contributed by atoms with Crippen molar-refractivity contribution in [3.05, 3.63) is 59.1 Å². The molecule has 1 heterocycles. The zero-order valence-corrected chi connectivity index (χ0v) is 41.4. The van der Waals surface area contributed by atoms with Crippen molar-refractivity contribution in [1.29, 1.82) is 0 Å². The normalized spacial score (nSPS) is 14.8. The van der Waals surface area contributed by atoms with Crippen LogP contribution in [0.3, 0.4) is 0 Å². The maximum absolute atomic E-state index is 12.8. The molecule has 0 spiro atoms. The number of aryl methyl sites for hydroxylation is 2. The average molecular weight is 910 g/mol. The molecule has 0 saturated heterocycles. The molecule has 63 heavy (non-hydrogen) atoms. The van der Waals surface area contributed by atoms with Crippen LogP contribution in [0.15, 0.2) is 40.9 Å². The van der Waals surface area contributed by atoms with E-state index >= 15 is 0 Å². The summed E-state index contributed by atoms with van der Waals surface area (Å²) >= 11 is 0. The molecule has 0 saturated carbocycles. The SMILES string of the molecule is CCCCC/C=C\C/C=C\C/C=C\CC(O)C(O)CCCC(=O)OC[C@H](COP(=O)([O-])OCC[N+](C)(C)C)OC(=O)CCCCCCCCCCc1oc(CCCCC)c(C)c1C. The molecular weight excluding hydrogens is 822 g/mol. The number of furan rings is 1. The summed E-state index contributed by atoms with van der Waals surface area (Å²) in [4.78, 5) is 37.8. The predicted molar refractivity (Wildman–Crippen MR) is 251 cm³/mol. The van der Waals surface area contributed by atoms with Crippen LogP contribution in [0.5, 0.6) is 0 Å². The van der Waals surface area contributed by atoms with E-state index < -0.39 is 51.3 Å². The Morgan fingerprint density at radius 3 is 1.84 bits per heavy atom. The number of phosphoric acid groups is 1. The van der Waals surface area contributed by atoms with E-state index in [-0.39, 0.29) is 32.3 Å². The Morgan fingerprint density at radius 1 is 0.683 bits per heavy atom. The highest BCUT2D eigenvalue weighted by atomic mass is 31.2. The van der Waals surface area contributed by atoms with Crippen LogP contribution in [-0.4, -0.2) is 92.5 Å². The van der Waals surface area contributed by atoms with Crippen molar-refractivity contribution in [2.45, 2.75) is 200 Å². The van der Waals surface area contributed by atoms with Gasteiger partial charge in [-0.2, -0.15) is 0 Å². The molecule has 0 aliphatic heterocycles. The number of carbonyl (C=O) groups excluding carboxylic acids is 2. The van der Waals surface area contributed by atoms with Gasteiger partial charge in [0.05, 0.1) is 40.0 Å². The molecule has 0 aliphatic rings. The van der Waals surface area contributed by atoms with E-state index in [0.29, 0.717) is 23.9 Å². The number of carbonyl (C=O) groups is 2. The third-order valence-corrected chi connectivity index (χ3v) is 12.0. The first-order chi connectivity index (χ1) is 30.1. The zero-order chi connectivity index (χ0) is 46.8. The highest BCUT2D eigenvalue weighted by Gasteiger charge is 2.22. The van der Waals surface area contributed by atoms with Gasteiger partial charge in [0.25, 0.3) is 7.82 Å². The standard InChI is InChI=1S/C50H88NO11P/c1-8-10-12-13-14-15-16-17-18-21-24-28-32-45(52)46(53)33-31-37-49(54)58-40-44(41-60-63(56,57)59-39-38-51(5,6)7)61-50(55)36-30-26-23-20-19-22-25-29-35-48-43(4)42(3)47(62-48)34-27-11-9-2/h14-15,17-18,24,28,44-46,52-53H,8-13,16,19-23,25-27,29-41H2,1-7H3/b15-14-,18-17-,28-24-/t44-,45?,46?/m1/s1. The number of unbranched alkanes of at least 4 members (excludes halogenated alkanes) is 12. The van der Waals surface area contributed by atoms with Gasteiger partial charge in [-0.1, -0.05) is 115 Å². The maximum atomic E-state index is 12.8. The lowest BCUT2D eigenvalue weighted by atomic mass is 10.0. The lowest BCUT2D eigenvalue weighted by Crippen LogP contribution is -2.37. The molecule has 0 aromatic carbocycles. The van der Waals surface area contributed by atoms with Gasteiger partial charge >= 0.3 is 11.9 Å². The van der Waals surface area contributed by atoms with Crippen LogP contribution in [0.2, 0.25) is 0 Å². The van der Waals surface area contributed by atoms with E-state index in [1.54, 1.807) is 0 Å². The number of hydrogen-bond acceptors (Lipinski definition) is 11. The first-order valence-electron chi connectivity index (χ1n) is 24.2.